The number of ether oxygens (including phenoxy) is 1. The van der Waals surface area contributed by atoms with Gasteiger partial charge in [-0.2, -0.15) is 0 Å². The van der Waals surface area contributed by atoms with Crippen LogP contribution >= 0.6 is 15.9 Å². The van der Waals surface area contributed by atoms with Gasteiger partial charge in [0.2, 0.25) is 0 Å². The molecule has 0 N–H and O–H groups in total. The van der Waals surface area contributed by atoms with Crippen LogP contribution in [0.25, 0.3) is 0 Å². The fourth-order valence-electron chi connectivity index (χ4n) is 0.865. The second-order valence-corrected chi connectivity index (χ2v) is 2.71. The molecule has 1 rings (SSSR count). The Labute approximate surface area is 64.2 Å². The average Bonchev–Trinajstić information content (AvgIpc) is 2.13. The van der Waals surface area contributed by atoms with Crippen molar-refractivity contribution >= 4 is 15.9 Å². The van der Waals surface area contributed by atoms with Crippen LogP contribution in [-0.2, 0) is 4.74 Å². The molecule has 0 radical (unpaired) electrons. The van der Waals surface area contributed by atoms with Gasteiger partial charge in [-0.05, 0) is 25.3 Å². The Morgan fingerprint density at radius 3 is 3.22 bits per heavy atom. The molecule has 2 heteroatoms. The highest BCUT2D eigenvalue weighted by molar-refractivity contribution is 9.09. The minimum absolute atomic E-state index is 0.868. The van der Waals surface area contributed by atoms with E-state index in [-0.39, 0.29) is 0 Å². The van der Waals surface area contributed by atoms with Gasteiger partial charge in [0.05, 0.1) is 11.9 Å². The number of alkyl halides is 1. The van der Waals surface area contributed by atoms with Gasteiger partial charge in [-0.3, -0.25) is 0 Å². The van der Waals surface area contributed by atoms with Crippen molar-refractivity contribution in [3.8, 4) is 0 Å². The molecule has 0 saturated carbocycles. The maximum absolute atomic E-state index is 5.37. The van der Waals surface area contributed by atoms with Crippen LogP contribution in [0.2, 0.25) is 0 Å². The summed E-state index contributed by atoms with van der Waals surface area (Å²) in [6, 6.07) is 0. The van der Waals surface area contributed by atoms with Gasteiger partial charge in [0.25, 0.3) is 0 Å². The molecule has 0 aromatic heterocycles. The van der Waals surface area contributed by atoms with E-state index in [1.807, 2.05) is 0 Å². The van der Waals surface area contributed by atoms with Crippen molar-refractivity contribution in [1.29, 1.82) is 0 Å². The molecule has 0 unspecified atom stereocenters. The van der Waals surface area contributed by atoms with Crippen molar-refractivity contribution in [3.05, 3.63) is 11.8 Å². The standard InChI is InChI=1S/C7H11BrO/c8-6-7-4-2-1-3-5-9-7/h4H,1-3,5-6H2. The summed E-state index contributed by atoms with van der Waals surface area (Å²) in [5.74, 6) is 1.10. The number of hydrogen-bond acceptors (Lipinski definition) is 1. The summed E-state index contributed by atoms with van der Waals surface area (Å²) >= 11 is 3.35. The normalized spacial score (nSPS) is 19.9. The van der Waals surface area contributed by atoms with E-state index in [4.69, 9.17) is 4.74 Å². The van der Waals surface area contributed by atoms with Crippen LogP contribution in [0, 0.1) is 0 Å². The van der Waals surface area contributed by atoms with Crippen LogP contribution in [-0.4, -0.2) is 11.9 Å². The van der Waals surface area contributed by atoms with Gasteiger partial charge in [0.1, 0.15) is 5.76 Å². The molecule has 0 spiro atoms. The maximum Gasteiger partial charge on any atom is 0.102 e. The number of halogens is 1. The third-order valence-electron chi connectivity index (χ3n) is 1.39. The predicted molar refractivity (Wildman–Crippen MR) is 41.7 cm³/mol. The van der Waals surface area contributed by atoms with Crippen LogP contribution in [0.3, 0.4) is 0 Å². The van der Waals surface area contributed by atoms with E-state index >= 15 is 0 Å². The highest BCUT2D eigenvalue weighted by atomic mass is 79.9. The monoisotopic (exact) mass is 190 g/mol. The SMILES string of the molecule is BrCC1=CCCCCO1. The quantitative estimate of drug-likeness (QED) is 0.578. The van der Waals surface area contributed by atoms with E-state index in [1.54, 1.807) is 0 Å². The molecule has 0 saturated heterocycles. The predicted octanol–water partition coefficient (Wildman–Crippen LogP) is 2.47. The van der Waals surface area contributed by atoms with Gasteiger partial charge < -0.3 is 4.74 Å². The smallest absolute Gasteiger partial charge is 0.102 e. The fourth-order valence-corrected chi connectivity index (χ4v) is 1.26. The molecular weight excluding hydrogens is 180 g/mol. The Morgan fingerprint density at radius 2 is 2.44 bits per heavy atom. The van der Waals surface area contributed by atoms with Gasteiger partial charge in [0, 0.05) is 0 Å². The Kier molecular flexibility index (Phi) is 3.12. The molecule has 0 aliphatic carbocycles. The summed E-state index contributed by atoms with van der Waals surface area (Å²) in [7, 11) is 0. The van der Waals surface area contributed by atoms with E-state index in [9.17, 15) is 0 Å². The van der Waals surface area contributed by atoms with Crippen LogP contribution in [0.4, 0.5) is 0 Å². The Morgan fingerprint density at radius 1 is 1.56 bits per heavy atom. The van der Waals surface area contributed by atoms with E-state index in [0.29, 0.717) is 0 Å². The lowest BCUT2D eigenvalue weighted by Crippen LogP contribution is -1.91. The lowest BCUT2D eigenvalue weighted by molar-refractivity contribution is 0.217. The summed E-state index contributed by atoms with van der Waals surface area (Å²) in [6.07, 6.45) is 5.83. The maximum atomic E-state index is 5.37. The van der Waals surface area contributed by atoms with Crippen molar-refractivity contribution in [1.82, 2.24) is 0 Å². The molecule has 1 nitrogen and oxygen atoms in total. The first kappa shape index (κ1) is 7.13. The summed E-state index contributed by atoms with van der Waals surface area (Å²) in [5, 5.41) is 0.868. The molecule has 0 amide bonds. The van der Waals surface area contributed by atoms with Crippen LogP contribution < -0.4 is 0 Å². The zero-order chi connectivity index (χ0) is 6.53. The van der Waals surface area contributed by atoms with E-state index < -0.39 is 0 Å². The zero-order valence-corrected chi connectivity index (χ0v) is 6.99. The van der Waals surface area contributed by atoms with Crippen LogP contribution in [0.5, 0.6) is 0 Å². The van der Waals surface area contributed by atoms with E-state index in [0.717, 1.165) is 17.7 Å². The van der Waals surface area contributed by atoms with Gasteiger partial charge >= 0.3 is 0 Å². The van der Waals surface area contributed by atoms with E-state index in [1.165, 1.54) is 19.3 Å². The molecule has 0 atom stereocenters. The first-order chi connectivity index (χ1) is 4.43. The van der Waals surface area contributed by atoms with Crippen LogP contribution in [0.1, 0.15) is 19.3 Å². The fraction of sp³-hybridized carbons (Fsp3) is 0.714. The van der Waals surface area contributed by atoms with Crippen molar-refractivity contribution in [2.75, 3.05) is 11.9 Å². The summed E-state index contributed by atoms with van der Waals surface area (Å²) in [6.45, 7) is 0.900. The topological polar surface area (TPSA) is 9.23 Å². The molecular formula is C7H11BrO. The number of rotatable bonds is 1. The Balaban J connectivity index is 2.37. The minimum Gasteiger partial charge on any atom is -0.497 e. The molecule has 0 bridgehead atoms. The largest absolute Gasteiger partial charge is 0.497 e. The molecule has 0 aromatic rings. The van der Waals surface area contributed by atoms with Gasteiger partial charge in [-0.15, -0.1) is 0 Å². The summed E-state index contributed by atoms with van der Waals surface area (Å²) in [5.41, 5.74) is 0. The number of allylic oxidation sites excluding steroid dienone is 2. The van der Waals surface area contributed by atoms with E-state index in [2.05, 4.69) is 22.0 Å². The molecule has 1 aliphatic heterocycles. The van der Waals surface area contributed by atoms with Crippen molar-refractivity contribution in [3.63, 3.8) is 0 Å². The third kappa shape index (κ3) is 2.39. The van der Waals surface area contributed by atoms with Crippen molar-refractivity contribution in [2.24, 2.45) is 0 Å². The number of hydrogen-bond donors (Lipinski definition) is 0. The summed E-state index contributed by atoms with van der Waals surface area (Å²) in [4.78, 5) is 0. The second kappa shape index (κ2) is 3.94. The van der Waals surface area contributed by atoms with Gasteiger partial charge in [-0.1, -0.05) is 15.9 Å². The van der Waals surface area contributed by atoms with Gasteiger partial charge in [-0.25, -0.2) is 0 Å². The van der Waals surface area contributed by atoms with Gasteiger partial charge in [0.15, 0.2) is 0 Å². The summed E-state index contributed by atoms with van der Waals surface area (Å²) < 4.78 is 5.37. The Hall–Kier alpha value is 0.0200. The molecule has 1 aliphatic rings. The molecule has 52 valence electrons. The van der Waals surface area contributed by atoms with Crippen molar-refractivity contribution < 1.29 is 4.74 Å². The third-order valence-corrected chi connectivity index (χ3v) is 1.94. The molecule has 1 heterocycles. The lowest BCUT2D eigenvalue weighted by atomic mass is 10.2. The highest BCUT2D eigenvalue weighted by Crippen LogP contribution is 2.11. The lowest BCUT2D eigenvalue weighted by Gasteiger charge is -2.02. The van der Waals surface area contributed by atoms with Crippen LogP contribution in [0.15, 0.2) is 11.8 Å². The van der Waals surface area contributed by atoms with Crippen molar-refractivity contribution in [2.45, 2.75) is 19.3 Å². The minimum atomic E-state index is 0.868. The first-order valence-corrected chi connectivity index (χ1v) is 4.43. The first-order valence-electron chi connectivity index (χ1n) is 3.31. The zero-order valence-electron chi connectivity index (χ0n) is 5.40. The molecule has 0 fully saturated rings. The molecule has 9 heavy (non-hydrogen) atoms. The highest BCUT2D eigenvalue weighted by Gasteiger charge is 1.99. The Bertz CT molecular complexity index is 109. The second-order valence-electron chi connectivity index (χ2n) is 2.15. The average molecular weight is 191 g/mol. The molecule has 0 aromatic carbocycles.